The van der Waals surface area contributed by atoms with Crippen molar-refractivity contribution in [3.05, 3.63) is 65.0 Å². The van der Waals surface area contributed by atoms with E-state index in [0.717, 1.165) is 42.7 Å². The van der Waals surface area contributed by atoms with Gasteiger partial charge in [0, 0.05) is 31.9 Å². The molecule has 2 N–H and O–H groups in total. The van der Waals surface area contributed by atoms with Crippen LogP contribution in [0.5, 0.6) is 0 Å². The molecule has 2 amide bonds. The predicted molar refractivity (Wildman–Crippen MR) is 136 cm³/mol. The minimum Gasteiger partial charge on any atom is -0.394 e. The summed E-state index contributed by atoms with van der Waals surface area (Å²) in [5, 5.41) is 11.6. The number of piperidine rings is 1. The maximum atomic E-state index is 13.4. The SMILES string of the molecule is O=C(Nc1ccc(C2CCN(S(=O)CCOCCOCCO)CC2)cc1)N1Cc2ccc(F)cc2C1. The van der Waals surface area contributed by atoms with Gasteiger partial charge < -0.3 is 24.8 Å². The van der Waals surface area contributed by atoms with Crippen LogP contribution in [0, 0.1) is 5.82 Å². The van der Waals surface area contributed by atoms with Crippen LogP contribution in [0.4, 0.5) is 14.9 Å². The van der Waals surface area contributed by atoms with E-state index in [2.05, 4.69) is 5.32 Å². The van der Waals surface area contributed by atoms with Crippen molar-refractivity contribution in [2.75, 3.05) is 57.2 Å². The second kappa shape index (κ2) is 13.3. The summed E-state index contributed by atoms with van der Waals surface area (Å²) in [5.41, 5.74) is 3.77. The summed E-state index contributed by atoms with van der Waals surface area (Å²) in [6.07, 6.45) is 1.85. The van der Waals surface area contributed by atoms with Crippen LogP contribution in [0.1, 0.15) is 35.4 Å². The number of carbonyl (C=O) groups is 1. The van der Waals surface area contributed by atoms with E-state index in [0.29, 0.717) is 51.2 Å². The van der Waals surface area contributed by atoms with Crippen LogP contribution in [0.25, 0.3) is 0 Å². The lowest BCUT2D eigenvalue weighted by atomic mass is 9.90. The molecule has 1 atom stereocenters. The van der Waals surface area contributed by atoms with E-state index in [9.17, 15) is 13.4 Å². The summed E-state index contributed by atoms with van der Waals surface area (Å²) in [7, 11) is -1.06. The van der Waals surface area contributed by atoms with Gasteiger partial charge in [0.05, 0.1) is 49.8 Å². The fourth-order valence-electron chi connectivity index (χ4n) is 4.59. The summed E-state index contributed by atoms with van der Waals surface area (Å²) >= 11 is 0. The van der Waals surface area contributed by atoms with E-state index in [1.165, 1.54) is 17.7 Å². The summed E-state index contributed by atoms with van der Waals surface area (Å²) in [5.74, 6) is 0.580. The van der Waals surface area contributed by atoms with Gasteiger partial charge in [-0.3, -0.25) is 0 Å². The number of halogens is 1. The highest BCUT2D eigenvalue weighted by molar-refractivity contribution is 7.82. The lowest BCUT2D eigenvalue weighted by Crippen LogP contribution is -2.36. The molecule has 0 spiro atoms. The second-order valence-corrected chi connectivity index (χ2v) is 10.6. The van der Waals surface area contributed by atoms with Gasteiger partial charge in [-0.2, -0.15) is 0 Å². The van der Waals surface area contributed by atoms with Crippen molar-refractivity contribution >= 4 is 22.7 Å². The Labute approximate surface area is 214 Å². The van der Waals surface area contributed by atoms with Gasteiger partial charge in [-0.1, -0.05) is 18.2 Å². The van der Waals surface area contributed by atoms with Gasteiger partial charge in [-0.25, -0.2) is 17.7 Å². The van der Waals surface area contributed by atoms with E-state index in [-0.39, 0.29) is 18.5 Å². The number of hydrogen-bond donors (Lipinski definition) is 2. The average Bonchev–Trinajstić information content (AvgIpc) is 3.32. The standard InChI is InChI=1S/C26H34FN3O5S/c27-24-4-1-22-18-29(19-23(22)17-24)26(32)28-25-5-2-20(3-6-25)21-7-9-30(10-8-21)36(33)16-15-35-14-13-34-12-11-31/h1-6,17,21,31H,7-16,18-19H2,(H,28,32). The van der Waals surface area contributed by atoms with Gasteiger partial charge in [-0.05, 0) is 59.7 Å². The molecule has 2 aromatic carbocycles. The summed E-state index contributed by atoms with van der Waals surface area (Å²) < 4.78 is 38.6. The van der Waals surface area contributed by atoms with Gasteiger partial charge >= 0.3 is 6.03 Å². The zero-order chi connectivity index (χ0) is 25.3. The topological polar surface area (TPSA) is 91.3 Å². The van der Waals surface area contributed by atoms with Crippen molar-refractivity contribution in [1.82, 2.24) is 9.21 Å². The Morgan fingerprint density at radius 1 is 1.00 bits per heavy atom. The number of nitrogens with zero attached hydrogens (tertiary/aromatic N) is 2. The molecule has 0 bridgehead atoms. The van der Waals surface area contributed by atoms with Crippen LogP contribution >= 0.6 is 0 Å². The largest absolute Gasteiger partial charge is 0.394 e. The molecule has 1 saturated heterocycles. The van der Waals surface area contributed by atoms with Gasteiger partial charge in [0.2, 0.25) is 0 Å². The van der Waals surface area contributed by atoms with E-state index in [1.54, 1.807) is 11.0 Å². The number of urea groups is 1. The molecule has 4 rings (SSSR count). The normalized spacial score (nSPS) is 17.2. The molecule has 0 saturated carbocycles. The van der Waals surface area contributed by atoms with Gasteiger partial charge in [-0.15, -0.1) is 0 Å². The number of carbonyl (C=O) groups excluding carboxylic acids is 1. The quantitative estimate of drug-likeness (QED) is 0.445. The highest BCUT2D eigenvalue weighted by Crippen LogP contribution is 2.30. The van der Waals surface area contributed by atoms with Crippen LogP contribution in [-0.2, 0) is 33.5 Å². The number of rotatable bonds is 11. The van der Waals surface area contributed by atoms with Crippen molar-refractivity contribution in [3.63, 3.8) is 0 Å². The molecule has 36 heavy (non-hydrogen) atoms. The predicted octanol–water partition coefficient (Wildman–Crippen LogP) is 3.24. The Bertz CT molecular complexity index is 1030. The van der Waals surface area contributed by atoms with E-state index in [4.69, 9.17) is 14.6 Å². The molecule has 2 aliphatic rings. The number of benzene rings is 2. The Hall–Kier alpha value is -2.37. The van der Waals surface area contributed by atoms with Crippen molar-refractivity contribution in [2.45, 2.75) is 31.8 Å². The Kier molecular flexibility index (Phi) is 9.82. The molecule has 0 aromatic heterocycles. The second-order valence-electron chi connectivity index (χ2n) is 9.00. The number of ether oxygens (including phenoxy) is 2. The van der Waals surface area contributed by atoms with Gasteiger partial charge in [0.1, 0.15) is 5.82 Å². The van der Waals surface area contributed by atoms with E-state index >= 15 is 0 Å². The number of fused-ring (bicyclic) bond motifs is 1. The molecular weight excluding hydrogens is 485 g/mol. The highest BCUT2D eigenvalue weighted by Gasteiger charge is 2.25. The Balaban J connectivity index is 1.17. The molecule has 1 fully saturated rings. The first-order chi connectivity index (χ1) is 17.5. The molecule has 0 aliphatic carbocycles. The van der Waals surface area contributed by atoms with Gasteiger partial charge in [0.15, 0.2) is 0 Å². The van der Waals surface area contributed by atoms with Gasteiger partial charge in [0.25, 0.3) is 0 Å². The van der Waals surface area contributed by atoms with Crippen LogP contribution in [0.2, 0.25) is 0 Å². The monoisotopic (exact) mass is 519 g/mol. The molecule has 8 nitrogen and oxygen atoms in total. The number of amides is 2. The number of aliphatic hydroxyl groups excluding tert-OH is 1. The van der Waals surface area contributed by atoms with E-state index < -0.39 is 11.0 Å². The number of nitrogens with one attached hydrogen (secondary N) is 1. The summed E-state index contributed by atoms with van der Waals surface area (Å²) in [6, 6.07) is 12.4. The molecule has 10 heteroatoms. The van der Waals surface area contributed by atoms with Crippen molar-refractivity contribution in [1.29, 1.82) is 0 Å². The van der Waals surface area contributed by atoms with Crippen LogP contribution in [0.15, 0.2) is 42.5 Å². The Morgan fingerprint density at radius 2 is 1.69 bits per heavy atom. The van der Waals surface area contributed by atoms with E-state index in [1.807, 2.05) is 28.6 Å². The maximum absolute atomic E-state index is 13.4. The minimum absolute atomic E-state index is 0.000825. The molecule has 1 unspecified atom stereocenters. The molecule has 2 aliphatic heterocycles. The summed E-state index contributed by atoms with van der Waals surface area (Å²) in [4.78, 5) is 14.3. The van der Waals surface area contributed by atoms with Crippen molar-refractivity contribution in [3.8, 4) is 0 Å². The fraction of sp³-hybridized carbons (Fsp3) is 0.500. The number of aliphatic hydroxyl groups is 1. The molecule has 2 aromatic rings. The lowest BCUT2D eigenvalue weighted by Gasteiger charge is -2.31. The highest BCUT2D eigenvalue weighted by atomic mass is 32.2. The maximum Gasteiger partial charge on any atom is 0.322 e. The molecule has 2 heterocycles. The van der Waals surface area contributed by atoms with Crippen LogP contribution < -0.4 is 5.32 Å². The van der Waals surface area contributed by atoms with Crippen molar-refractivity contribution in [2.24, 2.45) is 0 Å². The molecule has 196 valence electrons. The zero-order valence-electron chi connectivity index (χ0n) is 20.4. The summed E-state index contributed by atoms with van der Waals surface area (Å²) in [6.45, 7) is 4.00. The first kappa shape index (κ1) is 26.7. The average molecular weight is 520 g/mol. The molecular formula is C26H34FN3O5S. The molecule has 0 radical (unpaired) electrons. The Morgan fingerprint density at radius 3 is 2.42 bits per heavy atom. The smallest absolute Gasteiger partial charge is 0.322 e. The lowest BCUT2D eigenvalue weighted by molar-refractivity contribution is 0.0375. The minimum atomic E-state index is -1.06. The third-order valence-corrected chi connectivity index (χ3v) is 8.02. The third kappa shape index (κ3) is 7.33. The van der Waals surface area contributed by atoms with Crippen LogP contribution in [0.3, 0.4) is 0 Å². The fourth-order valence-corrected chi connectivity index (χ4v) is 5.72. The number of anilines is 1. The first-order valence-electron chi connectivity index (χ1n) is 12.4. The first-order valence-corrected chi connectivity index (χ1v) is 13.6. The number of hydrogen-bond acceptors (Lipinski definition) is 5. The third-order valence-electron chi connectivity index (χ3n) is 6.56. The zero-order valence-corrected chi connectivity index (χ0v) is 21.2. The van der Waals surface area contributed by atoms with Crippen LogP contribution in [-0.4, -0.2) is 76.4 Å². The van der Waals surface area contributed by atoms with Crippen molar-refractivity contribution < 1.29 is 28.0 Å².